The number of aromatic nitrogens is 4. The van der Waals surface area contributed by atoms with Crippen molar-refractivity contribution in [2.45, 2.75) is 45.4 Å². The van der Waals surface area contributed by atoms with Gasteiger partial charge in [0, 0.05) is 49.4 Å². The molecule has 122 valence electrons. The Morgan fingerprint density at radius 3 is 3.00 bits per heavy atom. The first-order chi connectivity index (χ1) is 11.1. The molecule has 1 aliphatic heterocycles. The molecule has 1 saturated heterocycles. The fourth-order valence-electron chi connectivity index (χ4n) is 3.15. The molecule has 0 bridgehead atoms. The molecular weight excluding hydrogens is 290 g/mol. The molecule has 0 radical (unpaired) electrons. The van der Waals surface area contributed by atoms with Gasteiger partial charge in [-0.25, -0.2) is 9.97 Å². The van der Waals surface area contributed by atoms with E-state index in [0.717, 1.165) is 48.6 Å². The van der Waals surface area contributed by atoms with Gasteiger partial charge in [0.25, 0.3) is 0 Å². The summed E-state index contributed by atoms with van der Waals surface area (Å²) in [5.74, 6) is 0.536. The molecule has 0 aromatic carbocycles. The molecule has 0 unspecified atom stereocenters. The predicted molar refractivity (Wildman–Crippen MR) is 87.0 cm³/mol. The van der Waals surface area contributed by atoms with Crippen LogP contribution in [0.25, 0.3) is 0 Å². The molecule has 0 aliphatic carbocycles. The Kier molecular flexibility index (Phi) is 4.69. The van der Waals surface area contributed by atoms with Gasteiger partial charge in [0.05, 0.1) is 5.69 Å². The molecule has 23 heavy (non-hydrogen) atoms. The van der Waals surface area contributed by atoms with Crippen molar-refractivity contribution in [3.63, 3.8) is 0 Å². The van der Waals surface area contributed by atoms with Crippen LogP contribution < -0.4 is 0 Å². The van der Waals surface area contributed by atoms with Crippen molar-refractivity contribution in [1.82, 2.24) is 25.1 Å². The summed E-state index contributed by atoms with van der Waals surface area (Å²) in [5, 5.41) is 7.26. The quantitative estimate of drug-likeness (QED) is 0.938. The Hall–Kier alpha value is -2.24. The van der Waals surface area contributed by atoms with Crippen molar-refractivity contribution in [1.29, 1.82) is 0 Å². The second-order valence-corrected chi connectivity index (χ2v) is 6.23. The average Bonchev–Trinajstić information content (AvgIpc) is 2.92. The summed E-state index contributed by atoms with van der Waals surface area (Å²) in [6.45, 7) is 5.66. The van der Waals surface area contributed by atoms with E-state index in [9.17, 15) is 4.79 Å². The maximum atomic E-state index is 12.5. The van der Waals surface area contributed by atoms with Crippen LogP contribution in [0.3, 0.4) is 0 Å². The molecule has 1 aliphatic rings. The zero-order valence-electron chi connectivity index (χ0n) is 13.7. The second kappa shape index (κ2) is 6.89. The van der Waals surface area contributed by atoms with Gasteiger partial charge in [0.15, 0.2) is 0 Å². The summed E-state index contributed by atoms with van der Waals surface area (Å²) in [5.41, 5.74) is 4.28. The third-order valence-electron chi connectivity index (χ3n) is 4.73. The average molecular weight is 313 g/mol. The molecule has 0 saturated carbocycles. The lowest BCUT2D eigenvalue weighted by Crippen LogP contribution is -2.39. The van der Waals surface area contributed by atoms with Crippen LogP contribution >= 0.6 is 0 Å². The molecule has 6 heteroatoms. The Bertz CT molecular complexity index is 667. The van der Waals surface area contributed by atoms with Crippen molar-refractivity contribution >= 4 is 5.91 Å². The first-order valence-corrected chi connectivity index (χ1v) is 8.19. The van der Waals surface area contributed by atoms with Gasteiger partial charge < -0.3 is 4.90 Å². The molecule has 3 heterocycles. The molecule has 2 aromatic rings. The number of likely N-dealkylation sites (tertiary alicyclic amines) is 1. The van der Waals surface area contributed by atoms with Gasteiger partial charge in [0.2, 0.25) is 5.91 Å². The van der Waals surface area contributed by atoms with Crippen LogP contribution in [0.5, 0.6) is 0 Å². The largest absolute Gasteiger partial charge is 0.342 e. The topological polar surface area (TPSA) is 74.8 Å². The van der Waals surface area contributed by atoms with E-state index in [2.05, 4.69) is 20.2 Å². The maximum absolute atomic E-state index is 12.5. The number of aryl methyl sites for hydroxylation is 2. The molecule has 1 fully saturated rings. The van der Waals surface area contributed by atoms with E-state index in [4.69, 9.17) is 0 Å². The van der Waals surface area contributed by atoms with Crippen LogP contribution in [0.15, 0.2) is 18.6 Å². The number of nitrogens with zero attached hydrogens (tertiary/aromatic N) is 4. The van der Waals surface area contributed by atoms with Gasteiger partial charge in [-0.2, -0.15) is 5.10 Å². The van der Waals surface area contributed by atoms with Crippen LogP contribution in [0.2, 0.25) is 0 Å². The first-order valence-electron chi connectivity index (χ1n) is 8.19. The molecule has 1 atom stereocenters. The Morgan fingerprint density at radius 1 is 1.43 bits per heavy atom. The summed E-state index contributed by atoms with van der Waals surface area (Å²) in [7, 11) is 0. The minimum atomic E-state index is 0.212. The van der Waals surface area contributed by atoms with E-state index < -0.39 is 0 Å². The molecular formula is C17H23N5O. The number of rotatable bonds is 4. The highest BCUT2D eigenvalue weighted by atomic mass is 16.2. The van der Waals surface area contributed by atoms with Gasteiger partial charge in [-0.05, 0) is 38.3 Å². The van der Waals surface area contributed by atoms with Crippen LogP contribution in [0.1, 0.15) is 47.8 Å². The summed E-state index contributed by atoms with van der Waals surface area (Å²) < 4.78 is 0. The number of nitrogens with one attached hydrogen (secondary N) is 1. The Labute approximate surface area is 136 Å². The third kappa shape index (κ3) is 3.57. The van der Waals surface area contributed by atoms with Crippen molar-refractivity contribution in [3.8, 4) is 0 Å². The summed E-state index contributed by atoms with van der Waals surface area (Å²) in [6, 6.07) is 1.95. The van der Waals surface area contributed by atoms with Gasteiger partial charge in [-0.3, -0.25) is 9.89 Å². The van der Waals surface area contributed by atoms with E-state index >= 15 is 0 Å². The van der Waals surface area contributed by atoms with Crippen molar-refractivity contribution < 1.29 is 4.79 Å². The normalized spacial score (nSPS) is 18.2. The third-order valence-corrected chi connectivity index (χ3v) is 4.73. The second-order valence-electron chi connectivity index (χ2n) is 6.23. The monoisotopic (exact) mass is 313 g/mol. The lowest BCUT2D eigenvalue weighted by Gasteiger charge is -2.32. The Morgan fingerprint density at radius 2 is 2.30 bits per heavy atom. The number of amides is 1. The van der Waals surface area contributed by atoms with E-state index in [0.29, 0.717) is 18.8 Å². The minimum Gasteiger partial charge on any atom is -0.342 e. The highest BCUT2D eigenvalue weighted by Crippen LogP contribution is 2.25. The van der Waals surface area contributed by atoms with Crippen LogP contribution in [0, 0.1) is 13.8 Å². The van der Waals surface area contributed by atoms with Crippen LogP contribution in [-0.4, -0.2) is 44.1 Å². The highest BCUT2D eigenvalue weighted by molar-refractivity contribution is 5.76. The minimum absolute atomic E-state index is 0.212. The van der Waals surface area contributed by atoms with Crippen molar-refractivity contribution in [2.75, 3.05) is 13.1 Å². The SMILES string of the molecule is Cc1[nH]nc(CCC(=O)N2CCC[C@@H](c3ccncn3)C2)c1C. The summed E-state index contributed by atoms with van der Waals surface area (Å²) in [6.07, 6.45) is 6.68. The number of carbonyl (C=O) groups excluding carboxylic acids is 1. The lowest BCUT2D eigenvalue weighted by molar-refractivity contribution is -0.132. The number of H-pyrrole nitrogens is 1. The van der Waals surface area contributed by atoms with Crippen molar-refractivity contribution in [2.24, 2.45) is 0 Å². The molecule has 2 aromatic heterocycles. The van der Waals surface area contributed by atoms with E-state index in [1.165, 1.54) is 0 Å². The lowest BCUT2D eigenvalue weighted by atomic mass is 9.94. The first kappa shape index (κ1) is 15.6. The fraction of sp³-hybridized carbons (Fsp3) is 0.529. The van der Waals surface area contributed by atoms with E-state index in [1.54, 1.807) is 12.5 Å². The number of aromatic amines is 1. The van der Waals surface area contributed by atoms with Crippen molar-refractivity contribution in [3.05, 3.63) is 41.2 Å². The van der Waals surface area contributed by atoms with E-state index in [1.807, 2.05) is 24.8 Å². The van der Waals surface area contributed by atoms with E-state index in [-0.39, 0.29) is 5.91 Å². The molecule has 6 nitrogen and oxygen atoms in total. The Balaban J connectivity index is 1.58. The number of hydrogen-bond acceptors (Lipinski definition) is 4. The van der Waals surface area contributed by atoms with Gasteiger partial charge in [0.1, 0.15) is 6.33 Å². The van der Waals surface area contributed by atoms with Crippen LogP contribution in [-0.2, 0) is 11.2 Å². The van der Waals surface area contributed by atoms with Gasteiger partial charge in [-0.15, -0.1) is 0 Å². The summed E-state index contributed by atoms with van der Waals surface area (Å²) >= 11 is 0. The zero-order chi connectivity index (χ0) is 16.2. The summed E-state index contributed by atoms with van der Waals surface area (Å²) in [4.78, 5) is 22.8. The predicted octanol–water partition coefficient (Wildman–Crippen LogP) is 2.16. The molecule has 3 rings (SSSR count). The number of hydrogen-bond donors (Lipinski definition) is 1. The number of piperidine rings is 1. The molecule has 1 amide bonds. The van der Waals surface area contributed by atoms with Gasteiger partial charge >= 0.3 is 0 Å². The number of carbonyl (C=O) groups is 1. The molecule has 0 spiro atoms. The molecule has 1 N–H and O–H groups in total. The van der Waals surface area contributed by atoms with Gasteiger partial charge in [-0.1, -0.05) is 0 Å². The van der Waals surface area contributed by atoms with Crippen LogP contribution in [0.4, 0.5) is 0 Å². The standard InChI is InChI=1S/C17H23N5O/c1-12-13(2)20-21-15(12)5-6-17(23)22-9-3-4-14(10-22)16-7-8-18-11-19-16/h7-8,11,14H,3-6,9-10H2,1-2H3,(H,20,21)/t14-/m1/s1. The fourth-order valence-corrected chi connectivity index (χ4v) is 3.15. The maximum Gasteiger partial charge on any atom is 0.222 e. The smallest absolute Gasteiger partial charge is 0.222 e. The highest BCUT2D eigenvalue weighted by Gasteiger charge is 2.25. The zero-order valence-corrected chi connectivity index (χ0v) is 13.7.